The van der Waals surface area contributed by atoms with Crippen LogP contribution < -0.4 is 4.90 Å². The summed E-state index contributed by atoms with van der Waals surface area (Å²) in [5, 5.41) is 1.03. The minimum atomic E-state index is -0.0879. The van der Waals surface area contributed by atoms with Crippen molar-refractivity contribution < 1.29 is 14.3 Å². The van der Waals surface area contributed by atoms with Crippen molar-refractivity contribution in [2.45, 2.75) is 13.8 Å². The van der Waals surface area contributed by atoms with Crippen molar-refractivity contribution in [3.05, 3.63) is 35.3 Å². The summed E-state index contributed by atoms with van der Waals surface area (Å²) in [4.78, 5) is 21.3. The van der Waals surface area contributed by atoms with E-state index >= 15 is 0 Å². The Morgan fingerprint density at radius 3 is 2.68 bits per heavy atom. The van der Waals surface area contributed by atoms with Crippen LogP contribution in [0.25, 0.3) is 10.2 Å². The molecule has 2 aromatic rings. The Balaban J connectivity index is 1.46. The normalized spacial score (nSPS) is 17.9. The molecule has 0 aliphatic carbocycles. The number of rotatable bonds is 2. The lowest BCUT2D eigenvalue weighted by atomic mass is 10.1. The van der Waals surface area contributed by atoms with E-state index in [1.165, 1.54) is 22.1 Å². The molecule has 0 bridgehead atoms. The second kappa shape index (κ2) is 6.55. The molecular formula is C18H21N3O3S. The van der Waals surface area contributed by atoms with E-state index in [9.17, 15) is 4.79 Å². The highest BCUT2D eigenvalue weighted by atomic mass is 32.1. The third-order valence-electron chi connectivity index (χ3n) is 4.52. The van der Waals surface area contributed by atoms with E-state index in [0.29, 0.717) is 32.1 Å². The standard InChI is InChI=1S/C18H21N3O3S/c1-12-9-13(2)16-15(10-12)25-18(19-16)21-5-3-20(4-6-21)17(22)14-11-23-7-8-24-14/h9-11H,3-8H2,1-2H3. The first-order valence-corrected chi connectivity index (χ1v) is 9.30. The number of aromatic nitrogens is 1. The molecule has 6 nitrogen and oxygen atoms in total. The molecule has 0 atom stereocenters. The molecule has 25 heavy (non-hydrogen) atoms. The van der Waals surface area contributed by atoms with Crippen molar-refractivity contribution in [3.8, 4) is 0 Å². The Morgan fingerprint density at radius 1 is 1.16 bits per heavy atom. The van der Waals surface area contributed by atoms with Crippen LogP contribution in [0.15, 0.2) is 24.2 Å². The topological polar surface area (TPSA) is 54.9 Å². The van der Waals surface area contributed by atoms with Crippen molar-refractivity contribution in [3.63, 3.8) is 0 Å². The predicted molar refractivity (Wildman–Crippen MR) is 97.9 cm³/mol. The van der Waals surface area contributed by atoms with Gasteiger partial charge in [-0.3, -0.25) is 4.79 Å². The lowest BCUT2D eigenvalue weighted by Crippen LogP contribution is -2.49. The number of amides is 1. The quantitative estimate of drug-likeness (QED) is 0.824. The Morgan fingerprint density at radius 2 is 1.96 bits per heavy atom. The van der Waals surface area contributed by atoms with Gasteiger partial charge in [0, 0.05) is 26.2 Å². The number of carbonyl (C=O) groups is 1. The molecule has 1 fully saturated rings. The van der Waals surface area contributed by atoms with Crippen molar-refractivity contribution in [2.24, 2.45) is 0 Å². The Bertz CT molecular complexity index is 837. The maximum absolute atomic E-state index is 12.4. The summed E-state index contributed by atoms with van der Waals surface area (Å²) in [6, 6.07) is 4.36. The van der Waals surface area contributed by atoms with Crippen LogP contribution in [0.5, 0.6) is 0 Å². The number of hydrogen-bond donors (Lipinski definition) is 0. The first-order valence-electron chi connectivity index (χ1n) is 8.48. The van der Waals surface area contributed by atoms with Crippen LogP contribution in [0.2, 0.25) is 0 Å². The third kappa shape index (κ3) is 3.16. The molecule has 0 radical (unpaired) electrons. The monoisotopic (exact) mass is 359 g/mol. The van der Waals surface area contributed by atoms with Crippen LogP contribution in [0.4, 0.5) is 5.13 Å². The largest absolute Gasteiger partial charge is 0.494 e. The molecule has 0 N–H and O–H groups in total. The summed E-state index contributed by atoms with van der Waals surface area (Å²) in [5.74, 6) is 0.223. The molecule has 2 aliphatic heterocycles. The minimum absolute atomic E-state index is 0.0879. The van der Waals surface area contributed by atoms with Gasteiger partial charge in [-0.05, 0) is 31.0 Å². The summed E-state index contributed by atoms with van der Waals surface area (Å²) in [6.07, 6.45) is 1.43. The number of thiazole rings is 1. The van der Waals surface area contributed by atoms with Crippen LogP contribution in [-0.4, -0.2) is 55.2 Å². The fourth-order valence-electron chi connectivity index (χ4n) is 3.23. The fourth-order valence-corrected chi connectivity index (χ4v) is 4.42. The number of ether oxygens (including phenoxy) is 2. The van der Waals surface area contributed by atoms with E-state index < -0.39 is 0 Å². The second-order valence-electron chi connectivity index (χ2n) is 6.41. The zero-order valence-corrected chi connectivity index (χ0v) is 15.3. The SMILES string of the molecule is Cc1cc(C)c2nc(N3CCN(C(=O)C4=COCCO4)CC3)sc2c1. The molecule has 7 heteroatoms. The average molecular weight is 359 g/mol. The van der Waals surface area contributed by atoms with Gasteiger partial charge in [0.1, 0.15) is 19.5 Å². The number of anilines is 1. The first kappa shape index (κ1) is 16.2. The van der Waals surface area contributed by atoms with Crippen LogP contribution in [-0.2, 0) is 14.3 Å². The lowest BCUT2D eigenvalue weighted by molar-refractivity contribution is -0.132. The molecular weight excluding hydrogens is 338 g/mol. The van der Waals surface area contributed by atoms with Gasteiger partial charge in [0.2, 0.25) is 5.76 Å². The minimum Gasteiger partial charge on any atom is -0.494 e. The number of nitrogens with zero attached hydrogens (tertiary/aromatic N) is 3. The molecule has 1 saturated heterocycles. The summed E-state index contributed by atoms with van der Waals surface area (Å²) in [6.45, 7) is 8.02. The van der Waals surface area contributed by atoms with Crippen LogP contribution in [0, 0.1) is 13.8 Å². The third-order valence-corrected chi connectivity index (χ3v) is 5.58. The van der Waals surface area contributed by atoms with Crippen LogP contribution in [0.1, 0.15) is 11.1 Å². The summed E-state index contributed by atoms with van der Waals surface area (Å²) >= 11 is 1.73. The lowest BCUT2D eigenvalue weighted by Gasteiger charge is -2.35. The second-order valence-corrected chi connectivity index (χ2v) is 7.41. The number of carbonyl (C=O) groups excluding carboxylic acids is 1. The molecule has 3 heterocycles. The number of fused-ring (bicyclic) bond motifs is 1. The molecule has 2 aliphatic rings. The van der Waals surface area contributed by atoms with E-state index in [0.717, 1.165) is 23.7 Å². The van der Waals surface area contributed by atoms with Gasteiger partial charge in [-0.15, -0.1) is 0 Å². The van der Waals surface area contributed by atoms with E-state index in [2.05, 4.69) is 30.9 Å². The van der Waals surface area contributed by atoms with E-state index in [-0.39, 0.29) is 5.91 Å². The number of aryl methyl sites for hydroxylation is 2. The van der Waals surface area contributed by atoms with Crippen molar-refractivity contribution in [2.75, 3.05) is 44.3 Å². The van der Waals surface area contributed by atoms with Gasteiger partial charge in [0.15, 0.2) is 5.13 Å². The van der Waals surface area contributed by atoms with E-state index in [1.54, 1.807) is 11.3 Å². The summed E-state index contributed by atoms with van der Waals surface area (Å²) in [5.41, 5.74) is 3.56. The molecule has 1 aromatic heterocycles. The Hall–Kier alpha value is -2.28. The predicted octanol–water partition coefficient (Wildman–Crippen LogP) is 2.45. The molecule has 4 rings (SSSR count). The Labute approximate surface area is 150 Å². The first-order chi connectivity index (χ1) is 12.1. The maximum atomic E-state index is 12.4. The van der Waals surface area contributed by atoms with Crippen LogP contribution in [0.3, 0.4) is 0 Å². The molecule has 1 amide bonds. The van der Waals surface area contributed by atoms with Gasteiger partial charge in [0.25, 0.3) is 5.91 Å². The fraction of sp³-hybridized carbons (Fsp3) is 0.444. The summed E-state index contributed by atoms with van der Waals surface area (Å²) < 4.78 is 11.8. The molecule has 0 saturated carbocycles. The smallest absolute Gasteiger partial charge is 0.292 e. The number of piperazine rings is 1. The van der Waals surface area contributed by atoms with Crippen molar-refractivity contribution in [1.29, 1.82) is 0 Å². The van der Waals surface area contributed by atoms with Gasteiger partial charge in [-0.25, -0.2) is 4.98 Å². The average Bonchev–Trinajstić information content (AvgIpc) is 3.06. The van der Waals surface area contributed by atoms with Crippen molar-refractivity contribution >= 4 is 32.6 Å². The highest BCUT2D eigenvalue weighted by molar-refractivity contribution is 7.22. The summed E-state index contributed by atoms with van der Waals surface area (Å²) in [7, 11) is 0. The van der Waals surface area contributed by atoms with Gasteiger partial charge < -0.3 is 19.3 Å². The van der Waals surface area contributed by atoms with Gasteiger partial charge in [-0.1, -0.05) is 17.4 Å². The van der Waals surface area contributed by atoms with Gasteiger partial charge in [-0.2, -0.15) is 0 Å². The van der Waals surface area contributed by atoms with Crippen LogP contribution >= 0.6 is 11.3 Å². The highest BCUT2D eigenvalue weighted by Crippen LogP contribution is 2.32. The maximum Gasteiger partial charge on any atom is 0.292 e. The highest BCUT2D eigenvalue weighted by Gasteiger charge is 2.27. The van der Waals surface area contributed by atoms with E-state index in [4.69, 9.17) is 14.5 Å². The zero-order chi connectivity index (χ0) is 17.4. The van der Waals surface area contributed by atoms with E-state index in [1.807, 2.05) is 4.90 Å². The molecule has 1 aromatic carbocycles. The van der Waals surface area contributed by atoms with Crippen molar-refractivity contribution in [1.82, 2.24) is 9.88 Å². The Kier molecular flexibility index (Phi) is 4.25. The number of benzene rings is 1. The molecule has 132 valence electrons. The molecule has 0 unspecified atom stereocenters. The zero-order valence-electron chi connectivity index (χ0n) is 14.4. The number of hydrogen-bond acceptors (Lipinski definition) is 6. The molecule has 0 spiro atoms. The van der Waals surface area contributed by atoms with Gasteiger partial charge >= 0.3 is 0 Å². The van der Waals surface area contributed by atoms with Gasteiger partial charge in [0.05, 0.1) is 10.2 Å².